The molecule has 1 aliphatic rings. The van der Waals surface area contributed by atoms with E-state index in [4.69, 9.17) is 14.2 Å². The molecule has 3 N–H and O–H groups in total. The molecule has 8 nitrogen and oxygen atoms in total. The number of esters is 1. The molecule has 8 heteroatoms. The molecule has 0 fully saturated rings. The van der Waals surface area contributed by atoms with Gasteiger partial charge in [-0.15, -0.1) is 0 Å². The second-order valence-corrected chi connectivity index (χ2v) is 5.17. The molecule has 130 valence electrons. The van der Waals surface area contributed by atoms with Crippen LogP contribution in [0.15, 0.2) is 36.4 Å². The van der Waals surface area contributed by atoms with E-state index in [1.807, 2.05) is 0 Å². The van der Waals surface area contributed by atoms with Crippen molar-refractivity contribution < 1.29 is 28.9 Å². The summed E-state index contributed by atoms with van der Waals surface area (Å²) in [5.41, 5.74) is 5.87. The number of carbonyl (C=O) groups excluding carboxylic acids is 2. The molecular formula is C17H16N2O6. The van der Waals surface area contributed by atoms with Crippen LogP contribution in [-0.4, -0.2) is 31.2 Å². The van der Waals surface area contributed by atoms with Gasteiger partial charge in [0.1, 0.15) is 11.3 Å². The standard InChI is InChI=1S/C17H16N2O6/c1-23-12-8-7-10-13(14(12)24-2)17(22)25-16(10)19-18-15(21)9-5-3-4-6-11(9)20/h3-8,16,19-20H,1-2H3,(H,18,21). The van der Waals surface area contributed by atoms with Gasteiger partial charge in [0.25, 0.3) is 5.91 Å². The van der Waals surface area contributed by atoms with Crippen LogP contribution >= 0.6 is 0 Å². The highest BCUT2D eigenvalue weighted by atomic mass is 16.6. The highest BCUT2D eigenvalue weighted by molar-refractivity contribution is 5.98. The Kier molecular flexibility index (Phi) is 4.44. The number of hydrogen-bond donors (Lipinski definition) is 3. The van der Waals surface area contributed by atoms with E-state index in [0.717, 1.165) is 0 Å². The Labute approximate surface area is 143 Å². The lowest BCUT2D eigenvalue weighted by Gasteiger charge is -2.15. The number of benzene rings is 2. The molecule has 2 aromatic rings. The van der Waals surface area contributed by atoms with Gasteiger partial charge >= 0.3 is 5.97 Å². The van der Waals surface area contributed by atoms with Gasteiger partial charge in [-0.05, 0) is 24.3 Å². The number of phenolic OH excluding ortho intramolecular Hbond substituents is 1. The van der Waals surface area contributed by atoms with E-state index in [1.54, 1.807) is 24.3 Å². The minimum Gasteiger partial charge on any atom is -0.507 e. The lowest BCUT2D eigenvalue weighted by atomic mass is 10.1. The van der Waals surface area contributed by atoms with E-state index < -0.39 is 18.1 Å². The zero-order chi connectivity index (χ0) is 18.0. The van der Waals surface area contributed by atoms with Gasteiger partial charge in [0.05, 0.1) is 19.8 Å². The monoisotopic (exact) mass is 344 g/mol. The number of rotatable bonds is 5. The zero-order valence-corrected chi connectivity index (χ0v) is 13.5. The summed E-state index contributed by atoms with van der Waals surface area (Å²) in [4.78, 5) is 24.3. The number of phenols is 1. The first kappa shape index (κ1) is 16.6. The minimum atomic E-state index is -0.892. The SMILES string of the molecule is COc1ccc2c(c1OC)C(=O)OC2NNC(=O)c1ccccc1O. The molecule has 0 saturated carbocycles. The number of para-hydroxylation sites is 1. The number of fused-ring (bicyclic) bond motifs is 1. The highest BCUT2D eigenvalue weighted by Crippen LogP contribution is 2.40. The first-order valence-corrected chi connectivity index (χ1v) is 7.36. The molecule has 1 atom stereocenters. The number of aromatic hydroxyl groups is 1. The maximum absolute atomic E-state index is 12.1. The van der Waals surface area contributed by atoms with Gasteiger partial charge in [-0.1, -0.05) is 12.1 Å². The number of nitrogens with one attached hydrogen (secondary N) is 2. The summed E-state index contributed by atoms with van der Waals surface area (Å²) in [5.74, 6) is -0.654. The van der Waals surface area contributed by atoms with Gasteiger partial charge in [-0.3, -0.25) is 10.2 Å². The Morgan fingerprint density at radius 2 is 1.92 bits per heavy atom. The smallest absolute Gasteiger partial charge is 0.344 e. The van der Waals surface area contributed by atoms with Crippen LogP contribution in [-0.2, 0) is 4.74 Å². The van der Waals surface area contributed by atoms with Crippen molar-refractivity contribution in [1.29, 1.82) is 0 Å². The second-order valence-electron chi connectivity index (χ2n) is 5.17. The Bertz CT molecular complexity index is 836. The van der Waals surface area contributed by atoms with Crippen molar-refractivity contribution in [3.8, 4) is 17.2 Å². The van der Waals surface area contributed by atoms with Crippen LogP contribution in [0.4, 0.5) is 0 Å². The van der Waals surface area contributed by atoms with E-state index in [-0.39, 0.29) is 22.6 Å². The van der Waals surface area contributed by atoms with E-state index >= 15 is 0 Å². The first-order chi connectivity index (χ1) is 12.1. The molecule has 0 spiro atoms. The van der Waals surface area contributed by atoms with E-state index in [1.165, 1.54) is 26.4 Å². The van der Waals surface area contributed by atoms with E-state index in [9.17, 15) is 14.7 Å². The Morgan fingerprint density at radius 1 is 1.16 bits per heavy atom. The van der Waals surface area contributed by atoms with Crippen LogP contribution in [0.2, 0.25) is 0 Å². The summed E-state index contributed by atoms with van der Waals surface area (Å²) < 4.78 is 15.6. The zero-order valence-electron chi connectivity index (χ0n) is 13.5. The van der Waals surface area contributed by atoms with Crippen LogP contribution in [0.5, 0.6) is 17.2 Å². The molecule has 0 radical (unpaired) electrons. The van der Waals surface area contributed by atoms with Gasteiger partial charge in [0.2, 0.25) is 0 Å². The fraction of sp³-hybridized carbons (Fsp3) is 0.176. The van der Waals surface area contributed by atoms with Crippen molar-refractivity contribution in [1.82, 2.24) is 10.9 Å². The summed E-state index contributed by atoms with van der Waals surface area (Å²) in [5, 5.41) is 9.69. The fourth-order valence-corrected chi connectivity index (χ4v) is 2.57. The van der Waals surface area contributed by atoms with Crippen molar-refractivity contribution in [3.63, 3.8) is 0 Å². The van der Waals surface area contributed by atoms with Crippen molar-refractivity contribution in [3.05, 3.63) is 53.1 Å². The molecule has 1 amide bonds. The molecule has 0 aliphatic carbocycles. The third-order valence-electron chi connectivity index (χ3n) is 3.75. The van der Waals surface area contributed by atoms with Crippen molar-refractivity contribution in [2.75, 3.05) is 14.2 Å². The summed E-state index contributed by atoms with van der Waals surface area (Å²) in [7, 11) is 2.89. The molecule has 0 aromatic heterocycles. The number of methoxy groups -OCH3 is 2. The van der Waals surface area contributed by atoms with Gasteiger partial charge in [0, 0.05) is 5.56 Å². The van der Waals surface area contributed by atoms with Crippen molar-refractivity contribution in [2.24, 2.45) is 0 Å². The normalized spacial score (nSPS) is 15.3. The fourth-order valence-electron chi connectivity index (χ4n) is 2.57. The van der Waals surface area contributed by atoms with Crippen molar-refractivity contribution >= 4 is 11.9 Å². The Hall–Kier alpha value is -3.26. The van der Waals surface area contributed by atoms with Gasteiger partial charge < -0.3 is 19.3 Å². The van der Waals surface area contributed by atoms with Crippen LogP contribution in [0.3, 0.4) is 0 Å². The van der Waals surface area contributed by atoms with Gasteiger partial charge in [-0.25, -0.2) is 4.79 Å². The molecule has 0 saturated heterocycles. The maximum Gasteiger partial charge on any atom is 0.344 e. The molecule has 1 unspecified atom stereocenters. The predicted molar refractivity (Wildman–Crippen MR) is 86.4 cm³/mol. The number of hydrogen-bond acceptors (Lipinski definition) is 7. The third kappa shape index (κ3) is 2.94. The van der Waals surface area contributed by atoms with Gasteiger partial charge in [-0.2, -0.15) is 5.43 Å². The number of amides is 1. The lowest BCUT2D eigenvalue weighted by Crippen LogP contribution is -2.40. The maximum atomic E-state index is 12.1. The number of hydrazine groups is 1. The van der Waals surface area contributed by atoms with Crippen LogP contribution in [0.25, 0.3) is 0 Å². The first-order valence-electron chi connectivity index (χ1n) is 7.36. The summed E-state index contributed by atoms with van der Waals surface area (Å²) >= 11 is 0. The average Bonchev–Trinajstić information content (AvgIpc) is 2.95. The quantitative estimate of drug-likeness (QED) is 0.558. The predicted octanol–water partition coefficient (Wildman–Crippen LogP) is 1.51. The highest BCUT2D eigenvalue weighted by Gasteiger charge is 2.36. The average molecular weight is 344 g/mol. The molecule has 1 heterocycles. The third-order valence-corrected chi connectivity index (χ3v) is 3.75. The Morgan fingerprint density at radius 3 is 2.60 bits per heavy atom. The molecule has 0 bridgehead atoms. The van der Waals surface area contributed by atoms with Crippen LogP contribution in [0.1, 0.15) is 32.5 Å². The molecule has 3 rings (SSSR count). The number of cyclic esters (lactones) is 1. The largest absolute Gasteiger partial charge is 0.507 e. The molecule has 1 aliphatic heterocycles. The van der Waals surface area contributed by atoms with Crippen LogP contribution < -0.4 is 20.3 Å². The topological polar surface area (TPSA) is 106 Å². The van der Waals surface area contributed by atoms with Gasteiger partial charge in [0.15, 0.2) is 17.7 Å². The van der Waals surface area contributed by atoms with Crippen molar-refractivity contribution in [2.45, 2.75) is 6.23 Å². The molecule has 25 heavy (non-hydrogen) atoms. The summed E-state index contributed by atoms with van der Waals surface area (Å²) in [6.07, 6.45) is -0.892. The number of ether oxygens (including phenoxy) is 3. The molecule has 2 aromatic carbocycles. The second kappa shape index (κ2) is 6.70. The van der Waals surface area contributed by atoms with Crippen LogP contribution in [0, 0.1) is 0 Å². The van der Waals surface area contributed by atoms with E-state index in [0.29, 0.717) is 11.3 Å². The lowest BCUT2D eigenvalue weighted by molar-refractivity contribution is 0.0259. The summed E-state index contributed by atoms with van der Waals surface area (Å²) in [6.45, 7) is 0. The van der Waals surface area contributed by atoms with E-state index in [2.05, 4.69) is 10.9 Å². The minimum absolute atomic E-state index is 0.0897. The summed E-state index contributed by atoms with van der Waals surface area (Å²) in [6, 6.07) is 9.38. The number of carbonyl (C=O) groups is 2. The Balaban J connectivity index is 1.80. The molecular weight excluding hydrogens is 328 g/mol.